The van der Waals surface area contributed by atoms with Crippen LogP contribution >= 0.6 is 0 Å². The van der Waals surface area contributed by atoms with E-state index >= 15 is 0 Å². The molecule has 0 unspecified atom stereocenters. The van der Waals surface area contributed by atoms with E-state index in [-0.39, 0.29) is 18.0 Å². The number of aromatic nitrogens is 2. The molecule has 4 aromatic rings. The fraction of sp³-hybridized carbons (Fsp3) is 0.0800. The molecule has 2 aromatic carbocycles. The lowest BCUT2D eigenvalue weighted by Gasteiger charge is -2.08. The zero-order valence-corrected chi connectivity index (χ0v) is 19.3. The number of pyridine rings is 2. The second kappa shape index (κ2) is 10.4. The van der Waals surface area contributed by atoms with Crippen LogP contribution in [0.4, 0.5) is 0 Å². The van der Waals surface area contributed by atoms with Gasteiger partial charge in [-0.25, -0.2) is 24.0 Å². The summed E-state index contributed by atoms with van der Waals surface area (Å²) in [6.45, 7) is 0.396. The molecule has 4 rings (SSSR count). The van der Waals surface area contributed by atoms with Gasteiger partial charge in [0, 0.05) is 47.6 Å². The lowest BCUT2D eigenvalue weighted by atomic mass is 10.0. The molecule has 0 spiro atoms. The van der Waals surface area contributed by atoms with Crippen LogP contribution < -0.4 is 21.7 Å². The molecule has 0 aliphatic carbocycles. The molecule has 0 aliphatic heterocycles. The highest BCUT2D eigenvalue weighted by atomic mass is 32.2. The Morgan fingerprint density at radius 2 is 1.63 bits per heavy atom. The highest BCUT2D eigenvalue weighted by Crippen LogP contribution is 2.24. The normalized spacial score (nSPS) is 11.0. The zero-order chi connectivity index (χ0) is 24.8. The minimum absolute atomic E-state index is 0.155. The van der Waals surface area contributed by atoms with Crippen LogP contribution in [0.1, 0.15) is 21.5 Å². The highest BCUT2D eigenvalue weighted by Gasteiger charge is 2.14. The van der Waals surface area contributed by atoms with Gasteiger partial charge in [-0.05, 0) is 48.5 Å². The van der Waals surface area contributed by atoms with Crippen molar-refractivity contribution >= 4 is 26.8 Å². The third-order valence-electron chi connectivity index (χ3n) is 5.12. The molecule has 2 heterocycles. The number of nitrogens with zero attached hydrogens (tertiary/aromatic N) is 2. The van der Waals surface area contributed by atoms with Gasteiger partial charge in [-0.15, -0.1) is 0 Å². The maximum absolute atomic E-state index is 12.3. The van der Waals surface area contributed by atoms with E-state index in [9.17, 15) is 13.2 Å². The Balaban J connectivity index is 1.56. The van der Waals surface area contributed by atoms with Crippen molar-refractivity contribution in [3.63, 3.8) is 0 Å². The molecule has 10 heteroatoms. The van der Waals surface area contributed by atoms with Gasteiger partial charge < -0.3 is 5.73 Å². The second-order valence-corrected chi connectivity index (χ2v) is 9.23. The summed E-state index contributed by atoms with van der Waals surface area (Å²) in [5.74, 6) is 11.0. The molecule has 9 nitrogen and oxygen atoms in total. The molecule has 0 aliphatic rings. The molecule has 2 aromatic heterocycles. The van der Waals surface area contributed by atoms with Crippen LogP contribution in [0.5, 0.6) is 0 Å². The first kappa shape index (κ1) is 24.0. The van der Waals surface area contributed by atoms with Crippen LogP contribution in [0, 0.1) is 11.8 Å². The fourth-order valence-corrected chi connectivity index (χ4v) is 4.39. The zero-order valence-electron chi connectivity index (χ0n) is 18.5. The smallest absolute Gasteiger partial charge is 0.265 e. The van der Waals surface area contributed by atoms with Crippen LogP contribution in [0.25, 0.3) is 22.2 Å². The lowest BCUT2D eigenvalue weighted by molar-refractivity contribution is 0.0955. The van der Waals surface area contributed by atoms with Crippen molar-refractivity contribution in [3.8, 4) is 23.1 Å². The summed E-state index contributed by atoms with van der Waals surface area (Å²) in [7, 11) is -3.58. The maximum Gasteiger partial charge on any atom is 0.265 e. The number of hydrogen-bond acceptors (Lipinski definition) is 7. The van der Waals surface area contributed by atoms with Gasteiger partial charge in [-0.1, -0.05) is 24.0 Å². The second-order valence-electron chi connectivity index (χ2n) is 7.46. The van der Waals surface area contributed by atoms with Gasteiger partial charge in [0.15, 0.2) is 0 Å². The predicted molar refractivity (Wildman–Crippen MR) is 133 cm³/mol. The van der Waals surface area contributed by atoms with Crippen molar-refractivity contribution in [2.45, 2.75) is 4.90 Å². The Kier molecular flexibility index (Phi) is 7.14. The SMILES string of the molecule is NCCNS(=O)(=O)c1ccc(C#Cc2ccc(-c3cc(C(=O)NN)c4cnccc4n3)cc2)cc1. The van der Waals surface area contributed by atoms with Gasteiger partial charge in [0.1, 0.15) is 0 Å². The monoisotopic (exact) mass is 486 g/mol. The molecular weight excluding hydrogens is 464 g/mol. The van der Waals surface area contributed by atoms with Crippen LogP contribution in [0.15, 0.2) is 78.0 Å². The van der Waals surface area contributed by atoms with Crippen molar-refractivity contribution in [1.82, 2.24) is 20.1 Å². The van der Waals surface area contributed by atoms with Gasteiger partial charge in [0.05, 0.1) is 21.7 Å². The van der Waals surface area contributed by atoms with Gasteiger partial charge in [0.2, 0.25) is 10.0 Å². The maximum atomic E-state index is 12.3. The Morgan fingerprint density at radius 3 is 2.26 bits per heavy atom. The number of benzene rings is 2. The molecule has 0 fully saturated rings. The average molecular weight is 487 g/mol. The Hall–Kier alpha value is -4.14. The average Bonchev–Trinajstić information content (AvgIpc) is 2.90. The first-order valence-corrected chi connectivity index (χ1v) is 12.1. The van der Waals surface area contributed by atoms with Crippen molar-refractivity contribution < 1.29 is 13.2 Å². The van der Waals surface area contributed by atoms with Gasteiger partial charge in [-0.2, -0.15) is 0 Å². The van der Waals surface area contributed by atoms with E-state index in [2.05, 4.69) is 32.0 Å². The number of carbonyl (C=O) groups excluding carboxylic acids is 1. The standard InChI is InChI=1S/C25H22N6O3S/c26-12-14-29-35(33,34)20-9-5-18(6-10-20)2-1-17-3-7-19(8-4-17)24-15-21(25(32)31-27)22-16-28-13-11-23(22)30-24/h3-11,13,15-16,29H,12,14,26-27H2,(H,31,32). The van der Waals surface area contributed by atoms with Crippen molar-refractivity contribution in [1.29, 1.82) is 0 Å². The topological polar surface area (TPSA) is 153 Å². The van der Waals surface area contributed by atoms with E-state index in [4.69, 9.17) is 11.6 Å². The number of nitrogens with one attached hydrogen (secondary N) is 2. The summed E-state index contributed by atoms with van der Waals surface area (Å²) in [4.78, 5) is 21.1. The first-order chi connectivity index (χ1) is 16.9. The first-order valence-electron chi connectivity index (χ1n) is 10.6. The van der Waals surface area contributed by atoms with Crippen molar-refractivity contribution in [2.75, 3.05) is 13.1 Å². The molecule has 0 radical (unpaired) electrons. The van der Waals surface area contributed by atoms with Crippen LogP contribution in [0.2, 0.25) is 0 Å². The molecule has 0 atom stereocenters. The molecule has 0 bridgehead atoms. The van der Waals surface area contributed by atoms with Crippen molar-refractivity contribution in [3.05, 3.63) is 89.7 Å². The number of carbonyl (C=O) groups is 1. The Morgan fingerprint density at radius 1 is 0.971 bits per heavy atom. The number of sulfonamides is 1. The molecule has 6 N–H and O–H groups in total. The van der Waals surface area contributed by atoms with E-state index in [1.807, 2.05) is 24.3 Å². The third kappa shape index (κ3) is 5.51. The number of nitrogens with two attached hydrogens (primary N) is 2. The highest BCUT2D eigenvalue weighted by molar-refractivity contribution is 7.89. The van der Waals surface area contributed by atoms with Crippen molar-refractivity contribution in [2.24, 2.45) is 11.6 Å². The fourth-order valence-electron chi connectivity index (χ4n) is 3.34. The summed E-state index contributed by atoms with van der Waals surface area (Å²) >= 11 is 0. The summed E-state index contributed by atoms with van der Waals surface area (Å²) in [5, 5.41) is 0.607. The number of rotatable bonds is 6. The molecule has 35 heavy (non-hydrogen) atoms. The van der Waals surface area contributed by atoms with E-state index < -0.39 is 15.9 Å². The minimum atomic E-state index is -3.58. The summed E-state index contributed by atoms with van der Waals surface area (Å²) in [6, 6.07) is 17.1. The number of amides is 1. The van der Waals surface area contributed by atoms with E-state index in [0.29, 0.717) is 27.7 Å². The van der Waals surface area contributed by atoms with Gasteiger partial charge in [-0.3, -0.25) is 15.2 Å². The number of nitrogen functional groups attached to an aromatic ring is 1. The molecule has 0 saturated carbocycles. The number of hydrazine groups is 1. The lowest BCUT2D eigenvalue weighted by Crippen LogP contribution is -2.30. The van der Waals surface area contributed by atoms with Crippen LogP contribution in [-0.4, -0.2) is 37.4 Å². The van der Waals surface area contributed by atoms with E-state index in [1.165, 1.54) is 12.1 Å². The molecular formula is C25H22N6O3S. The number of hydrogen-bond donors (Lipinski definition) is 4. The van der Waals surface area contributed by atoms with Gasteiger partial charge >= 0.3 is 0 Å². The molecule has 1 amide bonds. The third-order valence-corrected chi connectivity index (χ3v) is 6.60. The largest absolute Gasteiger partial charge is 0.329 e. The van der Waals surface area contributed by atoms with Crippen LogP contribution in [-0.2, 0) is 10.0 Å². The predicted octanol–water partition coefficient (Wildman–Crippen LogP) is 1.54. The summed E-state index contributed by atoms with van der Waals surface area (Å²) in [5.41, 5.74) is 11.4. The number of fused-ring (bicyclic) bond motifs is 1. The van der Waals surface area contributed by atoms with Crippen LogP contribution in [0.3, 0.4) is 0 Å². The minimum Gasteiger partial charge on any atom is -0.329 e. The molecule has 176 valence electrons. The quantitative estimate of drug-likeness (QED) is 0.140. The Bertz CT molecular complexity index is 1540. The molecule has 0 saturated heterocycles. The Labute approximate surface area is 202 Å². The van der Waals surface area contributed by atoms with E-state index in [1.54, 1.807) is 36.7 Å². The van der Waals surface area contributed by atoms with E-state index in [0.717, 1.165) is 11.1 Å². The summed E-state index contributed by atoms with van der Waals surface area (Å²) < 4.78 is 26.7. The summed E-state index contributed by atoms with van der Waals surface area (Å²) in [6.07, 6.45) is 3.19. The van der Waals surface area contributed by atoms with Gasteiger partial charge in [0.25, 0.3) is 5.91 Å².